The molecule has 24 heavy (non-hydrogen) atoms. The number of nitrogens with zero attached hydrogens (tertiary/aromatic N) is 4. The SMILES string of the molecule is Cc1cc(C)n2nc(SC(C)C(=O)Nc3ccc(F)cc3)nc2n1. The molecular formula is C16H16FN5OS. The minimum atomic E-state index is -0.408. The Hall–Kier alpha value is -2.48. The third-order valence-corrected chi connectivity index (χ3v) is 4.31. The third kappa shape index (κ3) is 3.53. The normalized spacial score (nSPS) is 12.3. The second-order valence-corrected chi connectivity index (χ2v) is 6.71. The van der Waals surface area contributed by atoms with E-state index in [9.17, 15) is 9.18 Å². The maximum absolute atomic E-state index is 12.9. The van der Waals surface area contributed by atoms with Crippen molar-refractivity contribution in [3.63, 3.8) is 0 Å². The monoisotopic (exact) mass is 345 g/mol. The first kappa shape index (κ1) is 16.4. The van der Waals surface area contributed by atoms with Gasteiger partial charge in [-0.05, 0) is 51.1 Å². The van der Waals surface area contributed by atoms with Gasteiger partial charge in [-0.1, -0.05) is 11.8 Å². The molecule has 0 aliphatic rings. The van der Waals surface area contributed by atoms with Gasteiger partial charge in [-0.15, -0.1) is 5.10 Å². The van der Waals surface area contributed by atoms with Gasteiger partial charge >= 0.3 is 0 Å². The van der Waals surface area contributed by atoms with Crippen LogP contribution in [0.2, 0.25) is 0 Å². The summed E-state index contributed by atoms with van der Waals surface area (Å²) in [5.74, 6) is -0.0324. The lowest BCUT2D eigenvalue weighted by atomic mass is 10.3. The summed E-state index contributed by atoms with van der Waals surface area (Å²) >= 11 is 1.25. The molecule has 1 N–H and O–H groups in total. The van der Waals surface area contributed by atoms with E-state index in [4.69, 9.17) is 0 Å². The Kier molecular flexibility index (Phi) is 4.48. The van der Waals surface area contributed by atoms with Crippen molar-refractivity contribution in [3.05, 3.63) is 47.5 Å². The number of aromatic nitrogens is 4. The number of halogens is 1. The van der Waals surface area contributed by atoms with Crippen LogP contribution in [0.4, 0.5) is 10.1 Å². The number of carbonyl (C=O) groups excluding carboxylic acids is 1. The fourth-order valence-corrected chi connectivity index (χ4v) is 2.93. The van der Waals surface area contributed by atoms with E-state index < -0.39 is 5.25 Å². The zero-order valence-corrected chi connectivity index (χ0v) is 14.3. The highest BCUT2D eigenvalue weighted by molar-refractivity contribution is 8.00. The molecule has 0 saturated carbocycles. The van der Waals surface area contributed by atoms with Crippen molar-refractivity contribution in [3.8, 4) is 0 Å². The van der Waals surface area contributed by atoms with Crippen LogP contribution in [0.5, 0.6) is 0 Å². The molecule has 0 aliphatic heterocycles. The molecule has 3 rings (SSSR count). The maximum Gasteiger partial charge on any atom is 0.253 e. The molecule has 0 fully saturated rings. The highest BCUT2D eigenvalue weighted by atomic mass is 32.2. The summed E-state index contributed by atoms with van der Waals surface area (Å²) in [7, 11) is 0. The molecule has 2 aromatic heterocycles. The molecule has 1 unspecified atom stereocenters. The van der Waals surface area contributed by atoms with Crippen molar-refractivity contribution < 1.29 is 9.18 Å². The minimum absolute atomic E-state index is 0.202. The van der Waals surface area contributed by atoms with Gasteiger partial charge < -0.3 is 5.32 Å². The van der Waals surface area contributed by atoms with Crippen molar-refractivity contribution >= 4 is 29.1 Å². The van der Waals surface area contributed by atoms with E-state index >= 15 is 0 Å². The molecule has 0 saturated heterocycles. The average molecular weight is 345 g/mol. The Balaban J connectivity index is 1.72. The van der Waals surface area contributed by atoms with Crippen LogP contribution in [-0.4, -0.2) is 30.7 Å². The summed E-state index contributed by atoms with van der Waals surface area (Å²) in [4.78, 5) is 20.9. The molecular weight excluding hydrogens is 329 g/mol. The van der Waals surface area contributed by atoms with Gasteiger partial charge in [-0.2, -0.15) is 4.98 Å². The van der Waals surface area contributed by atoms with E-state index in [-0.39, 0.29) is 11.7 Å². The van der Waals surface area contributed by atoms with E-state index in [1.54, 1.807) is 11.4 Å². The Bertz CT molecular complexity index is 893. The molecule has 1 aromatic carbocycles. The van der Waals surface area contributed by atoms with E-state index in [0.717, 1.165) is 11.4 Å². The number of nitrogens with one attached hydrogen (secondary N) is 1. The molecule has 0 bridgehead atoms. The highest BCUT2D eigenvalue weighted by Crippen LogP contribution is 2.22. The van der Waals surface area contributed by atoms with Crippen LogP contribution in [0.3, 0.4) is 0 Å². The largest absolute Gasteiger partial charge is 0.325 e. The lowest BCUT2D eigenvalue weighted by molar-refractivity contribution is -0.115. The number of amides is 1. The number of hydrogen-bond acceptors (Lipinski definition) is 5. The number of anilines is 1. The number of rotatable bonds is 4. The second kappa shape index (κ2) is 6.56. The fraction of sp³-hybridized carbons (Fsp3) is 0.250. The molecule has 2 heterocycles. The molecule has 0 spiro atoms. The summed E-state index contributed by atoms with van der Waals surface area (Å²) < 4.78 is 14.5. The lowest BCUT2D eigenvalue weighted by Gasteiger charge is -2.09. The molecule has 6 nitrogen and oxygen atoms in total. The molecule has 124 valence electrons. The van der Waals surface area contributed by atoms with Gasteiger partial charge in [-0.3, -0.25) is 4.79 Å². The summed E-state index contributed by atoms with van der Waals surface area (Å²) in [5, 5.41) is 7.19. The van der Waals surface area contributed by atoms with Gasteiger partial charge in [0.1, 0.15) is 5.82 Å². The van der Waals surface area contributed by atoms with Crippen molar-refractivity contribution in [1.29, 1.82) is 0 Å². The average Bonchev–Trinajstić information content (AvgIpc) is 2.92. The van der Waals surface area contributed by atoms with Gasteiger partial charge in [0.2, 0.25) is 11.1 Å². The van der Waals surface area contributed by atoms with Gasteiger partial charge in [0, 0.05) is 17.1 Å². The Morgan fingerprint density at radius 3 is 2.67 bits per heavy atom. The van der Waals surface area contributed by atoms with Crippen LogP contribution >= 0.6 is 11.8 Å². The topological polar surface area (TPSA) is 72.2 Å². The van der Waals surface area contributed by atoms with Crippen molar-refractivity contribution in [1.82, 2.24) is 19.6 Å². The first-order chi connectivity index (χ1) is 11.4. The highest BCUT2D eigenvalue weighted by Gasteiger charge is 2.18. The van der Waals surface area contributed by atoms with Crippen molar-refractivity contribution in [2.24, 2.45) is 0 Å². The number of benzene rings is 1. The summed E-state index contributed by atoms with van der Waals surface area (Å²) in [6.07, 6.45) is 0. The number of thioether (sulfide) groups is 1. The van der Waals surface area contributed by atoms with Gasteiger partial charge in [-0.25, -0.2) is 13.9 Å². The quantitative estimate of drug-likeness (QED) is 0.736. The zero-order valence-electron chi connectivity index (χ0n) is 13.4. The molecule has 3 aromatic rings. The maximum atomic E-state index is 12.9. The van der Waals surface area contributed by atoms with Gasteiger partial charge in [0.25, 0.3) is 5.78 Å². The number of fused-ring (bicyclic) bond motifs is 1. The molecule has 0 aliphatic carbocycles. The van der Waals surface area contributed by atoms with Crippen molar-refractivity contribution in [2.45, 2.75) is 31.2 Å². The third-order valence-electron chi connectivity index (χ3n) is 3.36. The van der Waals surface area contributed by atoms with Gasteiger partial charge in [0.15, 0.2) is 0 Å². The summed E-state index contributed by atoms with van der Waals surface area (Å²) in [5.41, 5.74) is 2.34. The molecule has 8 heteroatoms. The summed E-state index contributed by atoms with van der Waals surface area (Å²) in [6.45, 7) is 5.59. The Morgan fingerprint density at radius 1 is 1.25 bits per heavy atom. The number of aryl methyl sites for hydroxylation is 2. The first-order valence-electron chi connectivity index (χ1n) is 7.36. The fourth-order valence-electron chi connectivity index (χ4n) is 2.19. The van der Waals surface area contributed by atoms with E-state index in [2.05, 4.69) is 20.4 Å². The smallest absolute Gasteiger partial charge is 0.253 e. The summed E-state index contributed by atoms with van der Waals surface area (Å²) in [6, 6.07) is 7.55. The lowest BCUT2D eigenvalue weighted by Crippen LogP contribution is -2.22. The predicted molar refractivity (Wildman–Crippen MR) is 90.6 cm³/mol. The minimum Gasteiger partial charge on any atom is -0.325 e. The molecule has 1 atom stereocenters. The van der Waals surface area contributed by atoms with Crippen molar-refractivity contribution in [2.75, 3.05) is 5.32 Å². The molecule has 1 amide bonds. The van der Waals surface area contributed by atoms with Crippen LogP contribution in [-0.2, 0) is 4.79 Å². The first-order valence-corrected chi connectivity index (χ1v) is 8.24. The van der Waals surface area contributed by atoms with Gasteiger partial charge in [0.05, 0.1) is 5.25 Å². The Labute approximate surface area is 142 Å². The number of hydrogen-bond donors (Lipinski definition) is 1. The van der Waals surface area contributed by atoms with E-state index in [1.165, 1.54) is 36.0 Å². The standard InChI is InChI=1S/C16H16FN5OS/c1-9-8-10(2)22-15(18-9)20-16(21-22)24-11(3)14(23)19-13-6-4-12(17)5-7-13/h4-8,11H,1-3H3,(H,19,23). The second-order valence-electron chi connectivity index (χ2n) is 5.40. The Morgan fingerprint density at radius 2 is 1.96 bits per heavy atom. The zero-order chi connectivity index (χ0) is 17.3. The molecule has 0 radical (unpaired) electrons. The van der Waals surface area contributed by atoms with Crippen LogP contribution < -0.4 is 5.32 Å². The van der Waals surface area contributed by atoms with E-state index in [0.29, 0.717) is 16.6 Å². The number of carbonyl (C=O) groups is 1. The van der Waals surface area contributed by atoms with Crippen LogP contribution in [0.15, 0.2) is 35.5 Å². The van der Waals surface area contributed by atoms with E-state index in [1.807, 2.05) is 19.9 Å². The predicted octanol–water partition coefficient (Wildman–Crippen LogP) is 3.00. The van der Waals surface area contributed by atoms with Crippen LogP contribution in [0.25, 0.3) is 5.78 Å². The van der Waals surface area contributed by atoms with Crippen LogP contribution in [0, 0.1) is 19.7 Å². The van der Waals surface area contributed by atoms with Crippen LogP contribution in [0.1, 0.15) is 18.3 Å².